The second kappa shape index (κ2) is 5.38. The highest BCUT2D eigenvalue weighted by Crippen LogP contribution is 2.34. The Kier molecular flexibility index (Phi) is 3.80. The monoisotopic (exact) mass is 279 g/mol. The third-order valence-corrected chi connectivity index (χ3v) is 3.27. The summed E-state index contributed by atoms with van der Waals surface area (Å²) in [5, 5.41) is 20.4. The van der Waals surface area contributed by atoms with E-state index in [1.165, 1.54) is 17.2 Å². The van der Waals surface area contributed by atoms with Gasteiger partial charge in [0.2, 0.25) is 0 Å². The minimum atomic E-state index is -0.731. The van der Waals surface area contributed by atoms with Gasteiger partial charge in [0, 0.05) is 19.3 Å². The molecule has 0 spiro atoms. The van der Waals surface area contributed by atoms with Crippen molar-refractivity contribution in [3.05, 3.63) is 40.3 Å². The first-order chi connectivity index (χ1) is 9.47. The summed E-state index contributed by atoms with van der Waals surface area (Å²) in [5.74, 6) is -0.731. The number of hydrogen-bond acceptors (Lipinski definition) is 5. The average Bonchev–Trinajstić information content (AvgIpc) is 2.44. The molecule has 6 nitrogen and oxygen atoms in total. The van der Waals surface area contributed by atoms with Gasteiger partial charge in [0.05, 0.1) is 23.0 Å². The molecule has 0 fully saturated rings. The average molecular weight is 279 g/mol. The van der Waals surface area contributed by atoms with Crippen LogP contribution in [0.25, 0.3) is 10.9 Å². The predicted molar refractivity (Wildman–Crippen MR) is 73.3 cm³/mol. The third kappa shape index (κ3) is 2.27. The summed E-state index contributed by atoms with van der Waals surface area (Å²) < 4.78 is 14.2. The highest BCUT2D eigenvalue weighted by Gasteiger charge is 2.23. The topological polar surface area (TPSA) is 79.5 Å². The van der Waals surface area contributed by atoms with Crippen molar-refractivity contribution in [1.82, 2.24) is 4.98 Å². The highest BCUT2D eigenvalue weighted by atomic mass is 19.1. The van der Waals surface area contributed by atoms with E-state index in [4.69, 9.17) is 0 Å². The van der Waals surface area contributed by atoms with Gasteiger partial charge in [-0.05, 0) is 19.1 Å². The number of nitrogens with zero attached hydrogens (tertiary/aromatic N) is 3. The van der Waals surface area contributed by atoms with Gasteiger partial charge in [0.25, 0.3) is 5.69 Å². The Bertz CT molecular complexity index is 663. The molecule has 1 unspecified atom stereocenters. The second-order valence-corrected chi connectivity index (χ2v) is 4.53. The van der Waals surface area contributed by atoms with Crippen LogP contribution >= 0.6 is 0 Å². The highest BCUT2D eigenvalue weighted by molar-refractivity contribution is 5.97. The predicted octanol–water partition coefficient (Wildman–Crippen LogP) is 2.10. The summed E-state index contributed by atoms with van der Waals surface area (Å²) in [6.07, 6.45) is 1.45. The zero-order valence-corrected chi connectivity index (χ0v) is 11.1. The largest absolute Gasteiger partial charge is 0.394 e. The van der Waals surface area contributed by atoms with Crippen LogP contribution in [0, 0.1) is 15.9 Å². The van der Waals surface area contributed by atoms with Crippen molar-refractivity contribution in [2.45, 2.75) is 13.0 Å². The van der Waals surface area contributed by atoms with E-state index >= 15 is 0 Å². The Hall–Kier alpha value is -2.28. The lowest BCUT2D eigenvalue weighted by atomic mass is 10.1. The van der Waals surface area contributed by atoms with Gasteiger partial charge in [-0.3, -0.25) is 15.1 Å². The van der Waals surface area contributed by atoms with Crippen LogP contribution in [0.15, 0.2) is 24.4 Å². The Balaban J connectivity index is 2.76. The molecule has 0 bridgehead atoms. The number of rotatable bonds is 4. The molecular weight excluding hydrogens is 265 g/mol. The van der Waals surface area contributed by atoms with Crippen LogP contribution in [0.2, 0.25) is 0 Å². The standard InChI is InChI=1S/C13H14FN3O3/c1-8(7-18)16(2)13-10(14)6-11(17(19)20)9-4-3-5-15-12(9)13/h3-6,8,18H,7H2,1-2H3. The number of aliphatic hydroxyl groups is 1. The fraction of sp³-hybridized carbons (Fsp3) is 0.308. The number of nitro groups is 1. The number of non-ortho nitro benzene ring substituents is 1. The van der Waals surface area contributed by atoms with E-state index in [2.05, 4.69) is 4.98 Å². The van der Waals surface area contributed by atoms with Gasteiger partial charge in [-0.15, -0.1) is 0 Å². The quantitative estimate of drug-likeness (QED) is 0.684. The molecule has 1 atom stereocenters. The zero-order valence-electron chi connectivity index (χ0n) is 11.1. The van der Waals surface area contributed by atoms with E-state index in [0.29, 0.717) is 0 Å². The molecule has 1 aromatic carbocycles. The van der Waals surface area contributed by atoms with Gasteiger partial charge >= 0.3 is 0 Å². The van der Waals surface area contributed by atoms with Crippen molar-refractivity contribution in [2.75, 3.05) is 18.6 Å². The lowest BCUT2D eigenvalue weighted by molar-refractivity contribution is -0.383. The Morgan fingerprint density at radius 2 is 2.30 bits per heavy atom. The molecular formula is C13H14FN3O3. The minimum absolute atomic E-state index is 0.146. The number of likely N-dealkylation sites (N-methyl/N-ethyl adjacent to an activating group) is 1. The summed E-state index contributed by atoms with van der Waals surface area (Å²) in [7, 11) is 1.61. The first-order valence-corrected chi connectivity index (χ1v) is 6.02. The molecule has 0 radical (unpaired) electrons. The van der Waals surface area contributed by atoms with Gasteiger partial charge in [-0.2, -0.15) is 0 Å². The summed E-state index contributed by atoms with van der Waals surface area (Å²) >= 11 is 0. The molecule has 2 rings (SSSR count). The number of aromatic nitrogens is 1. The SMILES string of the molecule is CC(CO)N(C)c1c(F)cc([N+](=O)[O-])c2cccnc12. The fourth-order valence-electron chi connectivity index (χ4n) is 2.01. The lowest BCUT2D eigenvalue weighted by Crippen LogP contribution is -2.32. The number of fused-ring (bicyclic) bond motifs is 1. The second-order valence-electron chi connectivity index (χ2n) is 4.53. The summed E-state index contributed by atoms with van der Waals surface area (Å²) in [6.45, 7) is 1.55. The molecule has 0 aliphatic heterocycles. The molecule has 0 aliphatic carbocycles. The van der Waals surface area contributed by atoms with Crippen LogP contribution in [0.5, 0.6) is 0 Å². The molecule has 0 saturated carbocycles. The van der Waals surface area contributed by atoms with Crippen molar-refractivity contribution >= 4 is 22.3 Å². The van der Waals surface area contributed by atoms with Crippen LogP contribution in [0.3, 0.4) is 0 Å². The lowest BCUT2D eigenvalue weighted by Gasteiger charge is -2.26. The van der Waals surface area contributed by atoms with Crippen LogP contribution in [-0.2, 0) is 0 Å². The fourth-order valence-corrected chi connectivity index (χ4v) is 2.01. The van der Waals surface area contributed by atoms with E-state index in [9.17, 15) is 19.6 Å². The molecule has 0 aliphatic rings. The first-order valence-electron chi connectivity index (χ1n) is 6.02. The molecule has 20 heavy (non-hydrogen) atoms. The van der Waals surface area contributed by atoms with Crippen molar-refractivity contribution in [2.24, 2.45) is 0 Å². The first kappa shape index (κ1) is 14.1. The van der Waals surface area contributed by atoms with Crippen LogP contribution in [0.1, 0.15) is 6.92 Å². The van der Waals surface area contributed by atoms with Gasteiger partial charge in [-0.1, -0.05) is 0 Å². The van der Waals surface area contributed by atoms with Gasteiger partial charge in [0.15, 0.2) is 5.82 Å². The van der Waals surface area contributed by atoms with Crippen LogP contribution in [0.4, 0.5) is 15.8 Å². The number of halogens is 1. The van der Waals surface area contributed by atoms with E-state index < -0.39 is 10.7 Å². The maximum absolute atomic E-state index is 14.2. The Morgan fingerprint density at radius 1 is 1.60 bits per heavy atom. The molecule has 1 N–H and O–H groups in total. The van der Waals surface area contributed by atoms with E-state index in [0.717, 1.165) is 6.07 Å². The maximum Gasteiger partial charge on any atom is 0.281 e. The smallest absolute Gasteiger partial charge is 0.281 e. The van der Waals surface area contributed by atoms with E-state index in [1.807, 2.05) is 0 Å². The number of pyridine rings is 1. The Morgan fingerprint density at radius 3 is 2.90 bits per heavy atom. The van der Waals surface area contributed by atoms with Crippen LogP contribution < -0.4 is 4.90 Å². The summed E-state index contributed by atoms with van der Waals surface area (Å²) in [6, 6.07) is 3.64. The zero-order chi connectivity index (χ0) is 14.9. The van der Waals surface area contributed by atoms with E-state index in [-0.39, 0.29) is 34.9 Å². The number of anilines is 1. The number of hydrogen-bond donors (Lipinski definition) is 1. The van der Waals surface area contributed by atoms with Gasteiger partial charge < -0.3 is 10.0 Å². The van der Waals surface area contributed by atoms with Crippen molar-refractivity contribution in [3.8, 4) is 0 Å². The van der Waals surface area contributed by atoms with Crippen molar-refractivity contribution in [1.29, 1.82) is 0 Å². The van der Waals surface area contributed by atoms with Crippen molar-refractivity contribution in [3.63, 3.8) is 0 Å². The van der Waals surface area contributed by atoms with Gasteiger partial charge in [-0.25, -0.2) is 4.39 Å². The molecule has 2 aromatic rings. The van der Waals surface area contributed by atoms with E-state index in [1.54, 1.807) is 20.0 Å². The molecule has 106 valence electrons. The number of aliphatic hydroxyl groups excluding tert-OH is 1. The maximum atomic E-state index is 14.2. The molecule has 0 amide bonds. The normalized spacial score (nSPS) is 12.4. The molecule has 1 heterocycles. The number of nitro benzene ring substituents is 1. The Labute approximate surface area is 114 Å². The summed E-state index contributed by atoms with van der Waals surface area (Å²) in [5.41, 5.74) is 0.0363. The third-order valence-electron chi connectivity index (χ3n) is 3.27. The van der Waals surface area contributed by atoms with Crippen molar-refractivity contribution < 1.29 is 14.4 Å². The molecule has 0 saturated heterocycles. The number of benzene rings is 1. The van der Waals surface area contributed by atoms with Crippen LogP contribution in [-0.4, -0.2) is 34.7 Å². The molecule has 1 aromatic heterocycles. The molecule has 7 heteroatoms. The minimum Gasteiger partial charge on any atom is -0.394 e. The van der Waals surface area contributed by atoms with Gasteiger partial charge in [0.1, 0.15) is 11.2 Å². The summed E-state index contributed by atoms with van der Waals surface area (Å²) in [4.78, 5) is 15.9.